The Labute approximate surface area is 102 Å². The third kappa shape index (κ3) is 1.62. The molecule has 6 heteroatoms. The van der Waals surface area contributed by atoms with Crippen molar-refractivity contribution in [2.24, 2.45) is 0 Å². The Kier molecular flexibility index (Phi) is 2.78. The lowest BCUT2D eigenvalue weighted by atomic mass is 10.3. The summed E-state index contributed by atoms with van der Waals surface area (Å²) in [5.41, 5.74) is 0.101. The number of hydrogen-bond acceptors (Lipinski definition) is 4. The predicted octanol–water partition coefficient (Wildman–Crippen LogP) is 1.13. The first-order valence-electron chi connectivity index (χ1n) is 5.30. The van der Waals surface area contributed by atoms with Crippen LogP contribution in [0.5, 0.6) is 5.75 Å². The van der Waals surface area contributed by atoms with Crippen molar-refractivity contribution in [3.63, 3.8) is 0 Å². The normalized spacial score (nSPS) is 10.6. The van der Waals surface area contributed by atoms with E-state index in [1.807, 2.05) is 0 Å². The monoisotopic (exact) mass is 248 g/mol. The van der Waals surface area contributed by atoms with E-state index in [2.05, 4.69) is 0 Å². The molecule has 0 spiro atoms. The van der Waals surface area contributed by atoms with Crippen molar-refractivity contribution < 1.29 is 14.3 Å². The highest BCUT2D eigenvalue weighted by Gasteiger charge is 2.18. The fourth-order valence-electron chi connectivity index (χ4n) is 1.91. The van der Waals surface area contributed by atoms with Crippen LogP contribution >= 0.6 is 0 Å². The Hall–Kier alpha value is -2.37. The number of aromatic nitrogens is 2. The van der Waals surface area contributed by atoms with E-state index in [1.54, 1.807) is 18.2 Å². The quantitative estimate of drug-likeness (QED) is 0.758. The zero-order chi connectivity index (χ0) is 13.4. The summed E-state index contributed by atoms with van der Waals surface area (Å²) >= 11 is 0. The van der Waals surface area contributed by atoms with E-state index in [0.29, 0.717) is 16.8 Å². The number of carbonyl (C=O) groups is 2. The standard InChI is InChI=1S/C12H12N2O4/c1-7(15)13-10-5-4-9(18-3)6-11(10)14(8(2)16)12(13)17/h4-6H,1-3H3. The van der Waals surface area contributed by atoms with Crippen LogP contribution in [0.15, 0.2) is 23.0 Å². The number of hydrogen-bond donors (Lipinski definition) is 0. The van der Waals surface area contributed by atoms with E-state index < -0.39 is 17.5 Å². The van der Waals surface area contributed by atoms with E-state index in [-0.39, 0.29) is 0 Å². The van der Waals surface area contributed by atoms with Gasteiger partial charge in [-0.1, -0.05) is 0 Å². The molecule has 0 bridgehead atoms. The fourth-order valence-corrected chi connectivity index (χ4v) is 1.91. The first-order valence-corrected chi connectivity index (χ1v) is 5.30. The summed E-state index contributed by atoms with van der Waals surface area (Å²) in [7, 11) is 1.49. The number of ether oxygens (including phenoxy) is 1. The van der Waals surface area contributed by atoms with Crippen molar-refractivity contribution in [1.29, 1.82) is 0 Å². The maximum Gasteiger partial charge on any atom is 0.342 e. The summed E-state index contributed by atoms with van der Waals surface area (Å²) in [6, 6.07) is 4.76. The number of benzene rings is 1. The summed E-state index contributed by atoms with van der Waals surface area (Å²) in [4.78, 5) is 35.0. The topological polar surface area (TPSA) is 70.3 Å². The van der Waals surface area contributed by atoms with Gasteiger partial charge in [0.15, 0.2) is 0 Å². The SMILES string of the molecule is COc1ccc2c(c1)n(C(C)=O)c(=O)n2C(C)=O. The molecule has 0 aliphatic heterocycles. The number of rotatable bonds is 1. The largest absolute Gasteiger partial charge is 0.497 e. The van der Waals surface area contributed by atoms with Gasteiger partial charge in [0.25, 0.3) is 0 Å². The lowest BCUT2D eigenvalue weighted by Gasteiger charge is -2.01. The molecular weight excluding hydrogens is 236 g/mol. The molecule has 0 atom stereocenters. The molecule has 0 unspecified atom stereocenters. The van der Waals surface area contributed by atoms with Gasteiger partial charge in [0, 0.05) is 19.9 Å². The Bertz CT molecular complexity index is 709. The second-order valence-corrected chi connectivity index (χ2v) is 3.85. The molecule has 6 nitrogen and oxygen atoms in total. The molecule has 1 heterocycles. The van der Waals surface area contributed by atoms with Gasteiger partial charge in [-0.05, 0) is 12.1 Å². The lowest BCUT2D eigenvalue weighted by Crippen LogP contribution is -2.30. The van der Waals surface area contributed by atoms with Gasteiger partial charge in [0.1, 0.15) is 5.75 Å². The van der Waals surface area contributed by atoms with E-state index in [9.17, 15) is 14.4 Å². The number of methoxy groups -OCH3 is 1. The molecule has 1 aromatic heterocycles. The second-order valence-electron chi connectivity index (χ2n) is 3.85. The predicted molar refractivity (Wildman–Crippen MR) is 65.4 cm³/mol. The fraction of sp³-hybridized carbons (Fsp3) is 0.250. The first kappa shape index (κ1) is 12.1. The molecule has 0 amide bonds. The molecule has 0 N–H and O–H groups in total. The van der Waals surface area contributed by atoms with Gasteiger partial charge in [-0.3, -0.25) is 9.59 Å². The van der Waals surface area contributed by atoms with Gasteiger partial charge in [-0.25, -0.2) is 13.9 Å². The van der Waals surface area contributed by atoms with Crippen molar-refractivity contribution in [3.8, 4) is 5.75 Å². The van der Waals surface area contributed by atoms with Crippen molar-refractivity contribution >= 4 is 22.8 Å². The summed E-state index contributed by atoms with van der Waals surface area (Å²) in [6.45, 7) is 2.54. The molecule has 2 rings (SSSR count). The van der Waals surface area contributed by atoms with Crippen molar-refractivity contribution in [2.75, 3.05) is 7.11 Å². The number of nitrogens with zero attached hydrogens (tertiary/aromatic N) is 2. The van der Waals surface area contributed by atoms with Crippen LogP contribution in [0.25, 0.3) is 11.0 Å². The third-order valence-corrected chi connectivity index (χ3v) is 2.68. The molecular formula is C12H12N2O4. The molecule has 0 aliphatic carbocycles. The summed E-state index contributed by atoms with van der Waals surface area (Å²) < 4.78 is 6.97. The van der Waals surface area contributed by atoms with Gasteiger partial charge in [-0.2, -0.15) is 0 Å². The summed E-state index contributed by atoms with van der Waals surface area (Å²) in [5.74, 6) is -0.369. The van der Waals surface area contributed by atoms with Gasteiger partial charge < -0.3 is 4.74 Å². The Morgan fingerprint density at radius 2 is 1.61 bits per heavy atom. The highest BCUT2D eigenvalue weighted by atomic mass is 16.5. The van der Waals surface area contributed by atoms with Crippen LogP contribution in [0.1, 0.15) is 23.4 Å². The van der Waals surface area contributed by atoms with Crippen LogP contribution in [0, 0.1) is 0 Å². The van der Waals surface area contributed by atoms with Crippen LogP contribution in [0.2, 0.25) is 0 Å². The maximum atomic E-state index is 12.0. The molecule has 1 aromatic carbocycles. The molecule has 0 radical (unpaired) electrons. The third-order valence-electron chi connectivity index (χ3n) is 2.68. The van der Waals surface area contributed by atoms with Gasteiger partial charge in [-0.15, -0.1) is 0 Å². The molecule has 0 fully saturated rings. The summed E-state index contributed by atoms with van der Waals surface area (Å²) in [6.07, 6.45) is 0. The van der Waals surface area contributed by atoms with Gasteiger partial charge in [0.05, 0.1) is 18.1 Å². The average molecular weight is 248 g/mol. The Morgan fingerprint density at radius 1 is 1.06 bits per heavy atom. The number of fused-ring (bicyclic) bond motifs is 1. The molecule has 0 saturated carbocycles. The second kappa shape index (κ2) is 4.14. The van der Waals surface area contributed by atoms with Crippen molar-refractivity contribution in [3.05, 3.63) is 28.7 Å². The van der Waals surface area contributed by atoms with Crippen LogP contribution in [0.4, 0.5) is 0 Å². The summed E-state index contributed by atoms with van der Waals surface area (Å²) in [5, 5.41) is 0. The number of carbonyl (C=O) groups excluding carboxylic acids is 2. The minimum atomic E-state index is -0.654. The highest BCUT2D eigenvalue weighted by molar-refractivity contribution is 5.95. The van der Waals surface area contributed by atoms with E-state index in [4.69, 9.17) is 4.74 Å². The molecule has 0 saturated heterocycles. The van der Waals surface area contributed by atoms with Crippen molar-refractivity contribution in [2.45, 2.75) is 13.8 Å². The molecule has 94 valence electrons. The van der Waals surface area contributed by atoms with E-state index in [1.165, 1.54) is 21.0 Å². The highest BCUT2D eigenvalue weighted by Crippen LogP contribution is 2.20. The molecule has 2 aromatic rings. The zero-order valence-corrected chi connectivity index (χ0v) is 10.3. The van der Waals surface area contributed by atoms with Crippen LogP contribution in [0.3, 0.4) is 0 Å². The maximum absolute atomic E-state index is 12.0. The van der Waals surface area contributed by atoms with E-state index >= 15 is 0 Å². The minimum Gasteiger partial charge on any atom is -0.497 e. The number of imidazole rings is 1. The van der Waals surface area contributed by atoms with Gasteiger partial charge >= 0.3 is 5.69 Å². The van der Waals surface area contributed by atoms with Crippen molar-refractivity contribution in [1.82, 2.24) is 9.13 Å². The smallest absolute Gasteiger partial charge is 0.342 e. The first-order chi connectivity index (χ1) is 8.47. The molecule has 0 aliphatic rings. The minimum absolute atomic E-state index is 0.363. The Balaban J connectivity index is 2.97. The van der Waals surface area contributed by atoms with Crippen LogP contribution in [-0.4, -0.2) is 28.1 Å². The molecule has 18 heavy (non-hydrogen) atoms. The van der Waals surface area contributed by atoms with Crippen LogP contribution in [-0.2, 0) is 0 Å². The average Bonchev–Trinajstić information content (AvgIpc) is 2.59. The lowest BCUT2D eigenvalue weighted by molar-refractivity contribution is 0.0925. The van der Waals surface area contributed by atoms with Crippen LogP contribution < -0.4 is 10.4 Å². The Morgan fingerprint density at radius 3 is 2.11 bits per heavy atom. The zero-order valence-electron chi connectivity index (χ0n) is 10.3. The van der Waals surface area contributed by atoms with Gasteiger partial charge in [0.2, 0.25) is 11.8 Å². The van der Waals surface area contributed by atoms with E-state index in [0.717, 1.165) is 9.13 Å².